The van der Waals surface area contributed by atoms with Gasteiger partial charge < -0.3 is 15.3 Å². The fraction of sp³-hybridized carbons (Fsp3) is 0. The summed E-state index contributed by atoms with van der Waals surface area (Å²) in [6, 6.07) is 10.4. The van der Waals surface area contributed by atoms with Crippen LogP contribution in [-0.4, -0.2) is 21.0 Å². The van der Waals surface area contributed by atoms with Crippen molar-refractivity contribution in [1.29, 1.82) is 0 Å². The average molecular weight is 437 g/mol. The third kappa shape index (κ3) is 3.57. The number of hydrogen-bond acceptors (Lipinski definition) is 4. The van der Waals surface area contributed by atoms with Gasteiger partial charge in [0.15, 0.2) is 5.11 Å². The zero-order valence-electron chi connectivity index (χ0n) is 13.4. The summed E-state index contributed by atoms with van der Waals surface area (Å²) in [4.78, 5) is 29.5. The molecule has 1 amide bonds. The van der Waals surface area contributed by atoms with Gasteiger partial charge in [0, 0.05) is 20.8 Å². The Kier molecular flexibility index (Phi) is 4.65. The van der Waals surface area contributed by atoms with Gasteiger partial charge in [-0.1, -0.05) is 29.3 Å². The number of H-pyrrole nitrogens is 2. The highest BCUT2D eigenvalue weighted by atomic mass is 35.5. The van der Waals surface area contributed by atoms with E-state index in [4.69, 9.17) is 35.4 Å². The second kappa shape index (κ2) is 6.97. The first-order chi connectivity index (χ1) is 12.9. The Morgan fingerprint density at radius 2 is 1.85 bits per heavy atom. The summed E-state index contributed by atoms with van der Waals surface area (Å²) in [5, 5.41) is 7.33. The van der Waals surface area contributed by atoms with Gasteiger partial charge >= 0.3 is 5.69 Å². The normalized spacial score (nSPS) is 11.0. The summed E-state index contributed by atoms with van der Waals surface area (Å²) in [6.45, 7) is 0. The Hall–Kier alpha value is -2.39. The summed E-state index contributed by atoms with van der Waals surface area (Å²) in [5.74, 6) is -0.411. The fourth-order valence-electron chi connectivity index (χ4n) is 2.62. The van der Waals surface area contributed by atoms with Gasteiger partial charge in [-0.25, -0.2) is 4.79 Å². The van der Waals surface area contributed by atoms with Crippen LogP contribution in [0.4, 0.5) is 5.69 Å². The van der Waals surface area contributed by atoms with Gasteiger partial charge in [-0.3, -0.25) is 10.1 Å². The van der Waals surface area contributed by atoms with E-state index in [-0.39, 0.29) is 10.8 Å². The van der Waals surface area contributed by atoms with Crippen molar-refractivity contribution in [2.45, 2.75) is 0 Å². The lowest BCUT2D eigenvalue weighted by Crippen LogP contribution is -2.33. The number of fused-ring (bicyclic) bond motifs is 2. The van der Waals surface area contributed by atoms with E-state index in [9.17, 15) is 9.59 Å². The van der Waals surface area contributed by atoms with Gasteiger partial charge in [-0.2, -0.15) is 0 Å². The molecule has 0 radical (unpaired) electrons. The summed E-state index contributed by atoms with van der Waals surface area (Å²) < 4.78 is 0.818. The zero-order valence-corrected chi connectivity index (χ0v) is 16.5. The highest BCUT2D eigenvalue weighted by Crippen LogP contribution is 2.36. The largest absolute Gasteiger partial charge is 0.332 e. The Balaban J connectivity index is 1.52. The van der Waals surface area contributed by atoms with Crippen LogP contribution < -0.4 is 16.3 Å². The molecule has 0 aliphatic carbocycles. The van der Waals surface area contributed by atoms with E-state index in [1.54, 1.807) is 36.4 Å². The smallest absolute Gasteiger partial charge is 0.323 e. The molecule has 4 N–H and O–H groups in total. The van der Waals surface area contributed by atoms with E-state index in [1.165, 1.54) is 11.3 Å². The maximum atomic E-state index is 12.5. The number of rotatable bonds is 2. The van der Waals surface area contributed by atoms with Crippen LogP contribution in [0, 0.1) is 0 Å². The predicted molar refractivity (Wildman–Crippen MR) is 114 cm³/mol. The van der Waals surface area contributed by atoms with Gasteiger partial charge in [0.25, 0.3) is 5.91 Å². The van der Waals surface area contributed by atoms with Crippen LogP contribution in [0.25, 0.3) is 21.1 Å². The SMILES string of the molecule is O=C(NC(=S)Nc1ccc2[nH]c(=O)[nH]c2c1)c1sc2cc(Cl)ccc2c1Cl. The predicted octanol–water partition coefficient (Wildman–Crippen LogP) is 4.50. The van der Waals surface area contributed by atoms with Crippen molar-refractivity contribution in [1.82, 2.24) is 15.3 Å². The molecule has 0 atom stereocenters. The fourth-order valence-corrected chi connectivity index (χ4v) is 4.52. The Labute approximate surface area is 171 Å². The van der Waals surface area contributed by atoms with E-state index in [0.29, 0.717) is 31.6 Å². The molecule has 2 aromatic heterocycles. The number of benzene rings is 2. The van der Waals surface area contributed by atoms with Crippen LogP contribution in [0.5, 0.6) is 0 Å². The van der Waals surface area contributed by atoms with E-state index in [1.807, 2.05) is 0 Å². The minimum atomic E-state index is -0.411. The van der Waals surface area contributed by atoms with E-state index in [2.05, 4.69) is 20.6 Å². The first kappa shape index (κ1) is 18.0. The third-order valence-electron chi connectivity index (χ3n) is 3.80. The van der Waals surface area contributed by atoms with Crippen LogP contribution in [0.15, 0.2) is 41.2 Å². The van der Waals surface area contributed by atoms with Gasteiger partial charge in [-0.05, 0) is 42.5 Å². The molecule has 0 bridgehead atoms. The van der Waals surface area contributed by atoms with Crippen molar-refractivity contribution in [2.24, 2.45) is 0 Å². The van der Waals surface area contributed by atoms with Crippen LogP contribution >= 0.6 is 46.8 Å². The summed E-state index contributed by atoms with van der Waals surface area (Å²) in [6.07, 6.45) is 0. The monoisotopic (exact) mass is 436 g/mol. The molecule has 0 saturated heterocycles. The molecule has 136 valence electrons. The summed E-state index contributed by atoms with van der Waals surface area (Å²) >= 11 is 18.7. The maximum absolute atomic E-state index is 12.5. The van der Waals surface area contributed by atoms with Crippen molar-refractivity contribution in [3.05, 3.63) is 61.8 Å². The second-order valence-corrected chi connectivity index (χ2v) is 7.91. The number of thiocarbonyl (C=S) groups is 1. The highest BCUT2D eigenvalue weighted by molar-refractivity contribution is 7.80. The van der Waals surface area contributed by atoms with Crippen molar-refractivity contribution < 1.29 is 4.79 Å². The Morgan fingerprint density at radius 1 is 1.07 bits per heavy atom. The lowest BCUT2D eigenvalue weighted by molar-refractivity contribution is 0.0982. The molecule has 0 spiro atoms. The summed E-state index contributed by atoms with van der Waals surface area (Å²) in [7, 11) is 0. The number of aromatic nitrogens is 2. The number of carbonyl (C=O) groups is 1. The number of hydrogen-bond donors (Lipinski definition) is 4. The molecule has 2 aromatic carbocycles. The lowest BCUT2D eigenvalue weighted by atomic mass is 10.2. The molecule has 0 saturated carbocycles. The summed E-state index contributed by atoms with van der Waals surface area (Å²) in [5.41, 5.74) is 1.63. The number of aromatic amines is 2. The minimum Gasteiger partial charge on any atom is -0.332 e. The van der Waals surface area contributed by atoms with Crippen molar-refractivity contribution in [3.63, 3.8) is 0 Å². The van der Waals surface area contributed by atoms with Crippen LogP contribution in [-0.2, 0) is 0 Å². The zero-order chi connectivity index (χ0) is 19.1. The molecule has 10 heteroatoms. The van der Waals surface area contributed by atoms with Crippen LogP contribution in [0.2, 0.25) is 10.0 Å². The highest BCUT2D eigenvalue weighted by Gasteiger charge is 2.18. The third-order valence-corrected chi connectivity index (χ3v) is 5.89. The number of imidazole rings is 1. The molecule has 0 fully saturated rings. The van der Waals surface area contributed by atoms with Gasteiger partial charge in [0.05, 0.1) is 16.1 Å². The Morgan fingerprint density at radius 3 is 2.67 bits per heavy atom. The van der Waals surface area contributed by atoms with E-state index < -0.39 is 5.91 Å². The molecule has 27 heavy (non-hydrogen) atoms. The molecule has 0 unspecified atom stereocenters. The molecule has 6 nitrogen and oxygen atoms in total. The molecule has 4 aromatic rings. The first-order valence-electron chi connectivity index (χ1n) is 7.62. The number of nitrogens with one attached hydrogen (secondary N) is 4. The van der Waals surface area contributed by atoms with Crippen molar-refractivity contribution in [2.75, 3.05) is 5.32 Å². The minimum absolute atomic E-state index is 0.115. The number of anilines is 1. The van der Waals surface area contributed by atoms with Crippen molar-refractivity contribution in [3.8, 4) is 0 Å². The average Bonchev–Trinajstić information content (AvgIpc) is 3.13. The van der Waals surface area contributed by atoms with Crippen molar-refractivity contribution >= 4 is 84.6 Å². The first-order valence-corrected chi connectivity index (χ1v) is 9.61. The molecule has 2 heterocycles. The standard InChI is InChI=1S/C17H10Cl2N4O2S2/c18-7-1-3-9-12(5-7)27-14(13(9)19)15(24)23-17(26)20-8-2-4-10-11(6-8)22-16(25)21-10/h1-6H,(H2,21,22,25)(H2,20,23,24,26). The topological polar surface area (TPSA) is 89.8 Å². The number of amides is 1. The lowest BCUT2D eigenvalue weighted by Gasteiger charge is -2.09. The van der Waals surface area contributed by atoms with Crippen LogP contribution in [0.3, 0.4) is 0 Å². The van der Waals surface area contributed by atoms with E-state index in [0.717, 1.165) is 10.1 Å². The van der Waals surface area contributed by atoms with Gasteiger partial charge in [0.2, 0.25) is 0 Å². The molecular formula is C17H10Cl2N4O2S2. The van der Waals surface area contributed by atoms with Crippen LogP contribution in [0.1, 0.15) is 9.67 Å². The molecule has 4 rings (SSSR count). The van der Waals surface area contributed by atoms with Gasteiger partial charge in [0.1, 0.15) is 4.88 Å². The number of halogens is 2. The number of thiophene rings is 1. The quantitative estimate of drug-likeness (QED) is 0.348. The molecule has 0 aliphatic rings. The molecular weight excluding hydrogens is 427 g/mol. The van der Waals surface area contributed by atoms with Gasteiger partial charge in [-0.15, -0.1) is 11.3 Å². The second-order valence-electron chi connectivity index (χ2n) is 5.63. The Bertz CT molecular complexity index is 1280. The maximum Gasteiger partial charge on any atom is 0.323 e. The molecule has 0 aliphatic heterocycles. The van der Waals surface area contributed by atoms with E-state index >= 15 is 0 Å². The number of carbonyl (C=O) groups excluding carboxylic acids is 1.